The lowest BCUT2D eigenvalue weighted by Gasteiger charge is -2.35. The summed E-state index contributed by atoms with van der Waals surface area (Å²) < 4.78 is 25.3. The van der Waals surface area contributed by atoms with Crippen molar-refractivity contribution in [3.8, 4) is 0 Å². The lowest BCUT2D eigenvalue weighted by atomic mass is 10.1. The maximum Gasteiger partial charge on any atom is 0.211 e. The highest BCUT2D eigenvalue weighted by Gasteiger charge is 2.18. The smallest absolute Gasteiger partial charge is 0.211 e. The third kappa shape index (κ3) is 5.65. The number of sulfonamides is 1. The van der Waals surface area contributed by atoms with Crippen molar-refractivity contribution >= 4 is 10.0 Å². The van der Waals surface area contributed by atoms with Crippen LogP contribution in [0.15, 0.2) is 0 Å². The van der Waals surface area contributed by atoms with E-state index in [-0.39, 0.29) is 5.75 Å². The second-order valence-corrected chi connectivity index (χ2v) is 7.19. The summed E-state index contributed by atoms with van der Waals surface area (Å²) in [7, 11) is -3.04. The van der Waals surface area contributed by atoms with E-state index in [1.54, 1.807) is 6.92 Å². The van der Waals surface area contributed by atoms with Gasteiger partial charge in [-0.05, 0) is 19.4 Å². The van der Waals surface area contributed by atoms with Crippen molar-refractivity contribution < 1.29 is 8.42 Å². The largest absolute Gasteiger partial charge is 0.301 e. The first-order valence-electron chi connectivity index (χ1n) is 6.89. The molecule has 1 fully saturated rings. The van der Waals surface area contributed by atoms with Gasteiger partial charge in [-0.1, -0.05) is 13.8 Å². The molecule has 1 atom stereocenters. The van der Waals surface area contributed by atoms with Gasteiger partial charge in [0, 0.05) is 39.3 Å². The van der Waals surface area contributed by atoms with Gasteiger partial charge in [-0.2, -0.15) is 0 Å². The van der Waals surface area contributed by atoms with E-state index in [2.05, 4.69) is 28.4 Å². The van der Waals surface area contributed by atoms with E-state index < -0.39 is 10.0 Å². The second-order valence-electron chi connectivity index (χ2n) is 5.09. The molecule has 1 saturated heterocycles. The molecule has 0 unspecified atom stereocenters. The predicted molar refractivity (Wildman–Crippen MR) is 75.2 cm³/mol. The maximum absolute atomic E-state index is 11.3. The molecule has 1 rings (SSSR count). The fourth-order valence-corrected chi connectivity index (χ4v) is 2.91. The number of nitrogens with one attached hydrogen (secondary N) is 1. The van der Waals surface area contributed by atoms with Crippen LogP contribution in [0, 0.1) is 5.92 Å². The van der Waals surface area contributed by atoms with Crippen LogP contribution in [-0.4, -0.2) is 69.8 Å². The van der Waals surface area contributed by atoms with E-state index in [1.807, 2.05) is 0 Å². The molecule has 0 bridgehead atoms. The third-order valence-corrected chi connectivity index (χ3v) is 4.88. The number of likely N-dealkylation sites (N-methyl/N-ethyl adjacent to an activating group) is 1. The summed E-state index contributed by atoms with van der Waals surface area (Å²) in [6.45, 7) is 13.1. The van der Waals surface area contributed by atoms with Gasteiger partial charge >= 0.3 is 0 Å². The molecule has 0 aromatic heterocycles. The quantitative estimate of drug-likeness (QED) is 0.722. The first-order chi connectivity index (χ1) is 8.46. The first-order valence-corrected chi connectivity index (χ1v) is 8.54. The summed E-state index contributed by atoms with van der Waals surface area (Å²) in [5.74, 6) is 0.522. The van der Waals surface area contributed by atoms with Gasteiger partial charge in [-0.25, -0.2) is 13.1 Å². The van der Waals surface area contributed by atoms with E-state index >= 15 is 0 Å². The summed E-state index contributed by atoms with van der Waals surface area (Å²) in [6, 6.07) is 0. The standard InChI is InChI=1S/C12H27N3O2S/c1-4-14-6-8-15(9-7-14)11-12(3)10-13-18(16,17)5-2/h12-13H,4-11H2,1-3H3/t12-/m1/s1. The van der Waals surface area contributed by atoms with E-state index in [9.17, 15) is 8.42 Å². The summed E-state index contributed by atoms with van der Waals surface area (Å²) in [6.07, 6.45) is 0. The van der Waals surface area contributed by atoms with Crippen molar-refractivity contribution in [2.24, 2.45) is 5.92 Å². The Morgan fingerprint density at radius 2 is 1.67 bits per heavy atom. The van der Waals surface area contributed by atoms with Crippen LogP contribution >= 0.6 is 0 Å². The Kier molecular flexibility index (Phi) is 6.55. The Hall–Kier alpha value is -0.170. The summed E-state index contributed by atoms with van der Waals surface area (Å²) in [4.78, 5) is 4.87. The third-order valence-electron chi connectivity index (χ3n) is 3.51. The van der Waals surface area contributed by atoms with Crippen molar-refractivity contribution in [1.82, 2.24) is 14.5 Å². The molecule has 0 amide bonds. The molecule has 6 heteroatoms. The minimum absolute atomic E-state index is 0.162. The Balaban J connectivity index is 2.23. The Labute approximate surface area is 112 Å². The van der Waals surface area contributed by atoms with Crippen LogP contribution < -0.4 is 4.72 Å². The SMILES string of the molecule is CCN1CCN(C[C@H](C)CNS(=O)(=O)CC)CC1. The molecule has 1 heterocycles. The molecule has 1 aliphatic rings. The first kappa shape index (κ1) is 15.9. The number of piperazine rings is 1. The predicted octanol–water partition coefficient (Wildman–Crippen LogP) is 0.199. The van der Waals surface area contributed by atoms with E-state index in [0.717, 1.165) is 39.3 Å². The van der Waals surface area contributed by atoms with Gasteiger partial charge in [0.25, 0.3) is 0 Å². The maximum atomic E-state index is 11.3. The van der Waals surface area contributed by atoms with Crippen molar-refractivity contribution in [1.29, 1.82) is 0 Å². The molecule has 0 aromatic rings. The fourth-order valence-electron chi connectivity index (χ4n) is 2.16. The van der Waals surface area contributed by atoms with Crippen molar-refractivity contribution in [3.63, 3.8) is 0 Å². The van der Waals surface area contributed by atoms with E-state index in [4.69, 9.17) is 0 Å². The molecule has 0 aliphatic carbocycles. The minimum atomic E-state index is -3.04. The van der Waals surface area contributed by atoms with E-state index in [1.165, 1.54) is 0 Å². The van der Waals surface area contributed by atoms with Crippen LogP contribution in [0.4, 0.5) is 0 Å². The van der Waals surface area contributed by atoms with Gasteiger partial charge in [0.15, 0.2) is 0 Å². The van der Waals surface area contributed by atoms with Crippen LogP contribution in [-0.2, 0) is 10.0 Å². The van der Waals surface area contributed by atoms with Crippen LogP contribution in [0.2, 0.25) is 0 Å². The average molecular weight is 277 g/mol. The van der Waals surface area contributed by atoms with Crippen LogP contribution in [0.1, 0.15) is 20.8 Å². The molecule has 0 saturated carbocycles. The summed E-state index contributed by atoms with van der Waals surface area (Å²) in [5.41, 5.74) is 0. The van der Waals surface area contributed by atoms with E-state index in [0.29, 0.717) is 12.5 Å². The number of hydrogen-bond donors (Lipinski definition) is 1. The van der Waals surface area contributed by atoms with Gasteiger partial charge in [-0.15, -0.1) is 0 Å². The summed E-state index contributed by atoms with van der Waals surface area (Å²) in [5, 5.41) is 0. The molecule has 18 heavy (non-hydrogen) atoms. The van der Waals surface area contributed by atoms with Crippen molar-refractivity contribution in [3.05, 3.63) is 0 Å². The molecular weight excluding hydrogens is 250 g/mol. The molecule has 0 aromatic carbocycles. The van der Waals surface area contributed by atoms with Crippen molar-refractivity contribution in [2.75, 3.05) is 51.6 Å². The van der Waals surface area contributed by atoms with Crippen LogP contribution in [0.5, 0.6) is 0 Å². The normalized spacial score (nSPS) is 21.1. The molecule has 0 radical (unpaired) electrons. The zero-order chi connectivity index (χ0) is 13.6. The molecule has 1 aliphatic heterocycles. The average Bonchev–Trinajstić information content (AvgIpc) is 2.37. The Morgan fingerprint density at radius 3 is 2.17 bits per heavy atom. The second kappa shape index (κ2) is 7.43. The summed E-state index contributed by atoms with van der Waals surface area (Å²) >= 11 is 0. The minimum Gasteiger partial charge on any atom is -0.301 e. The molecule has 1 N–H and O–H groups in total. The van der Waals surface area contributed by atoms with Gasteiger partial charge < -0.3 is 9.80 Å². The zero-order valence-electron chi connectivity index (χ0n) is 11.9. The molecular formula is C12H27N3O2S. The highest BCUT2D eigenvalue weighted by molar-refractivity contribution is 7.89. The van der Waals surface area contributed by atoms with Crippen LogP contribution in [0.25, 0.3) is 0 Å². The van der Waals surface area contributed by atoms with Gasteiger partial charge in [0.1, 0.15) is 0 Å². The van der Waals surface area contributed by atoms with Gasteiger partial charge in [0.05, 0.1) is 5.75 Å². The zero-order valence-corrected chi connectivity index (χ0v) is 12.7. The fraction of sp³-hybridized carbons (Fsp3) is 1.00. The molecule has 108 valence electrons. The monoisotopic (exact) mass is 277 g/mol. The number of rotatable bonds is 7. The highest BCUT2D eigenvalue weighted by atomic mass is 32.2. The van der Waals surface area contributed by atoms with Gasteiger partial charge in [0.2, 0.25) is 10.0 Å². The van der Waals surface area contributed by atoms with Crippen LogP contribution in [0.3, 0.4) is 0 Å². The lowest BCUT2D eigenvalue weighted by Crippen LogP contribution is -2.48. The Bertz CT molecular complexity index is 324. The number of nitrogens with zero attached hydrogens (tertiary/aromatic N) is 2. The molecule has 0 spiro atoms. The van der Waals surface area contributed by atoms with Gasteiger partial charge in [-0.3, -0.25) is 0 Å². The van der Waals surface area contributed by atoms with Crippen molar-refractivity contribution in [2.45, 2.75) is 20.8 Å². The Morgan fingerprint density at radius 1 is 1.11 bits per heavy atom. The number of hydrogen-bond acceptors (Lipinski definition) is 4. The lowest BCUT2D eigenvalue weighted by molar-refractivity contribution is 0.125. The topological polar surface area (TPSA) is 52.6 Å². The highest BCUT2D eigenvalue weighted by Crippen LogP contribution is 2.05. The molecule has 5 nitrogen and oxygen atoms in total.